The van der Waals surface area contributed by atoms with Crippen LogP contribution in [0.3, 0.4) is 0 Å². The van der Waals surface area contributed by atoms with E-state index in [0.29, 0.717) is 32.7 Å². The van der Waals surface area contributed by atoms with E-state index in [9.17, 15) is 9.90 Å². The number of carbonyl (C=O) groups is 1. The zero-order valence-electron chi connectivity index (χ0n) is 13.7. The molecule has 1 atom stereocenters. The Kier molecular flexibility index (Phi) is 5.62. The molecule has 0 radical (unpaired) electrons. The van der Waals surface area contributed by atoms with E-state index in [-0.39, 0.29) is 18.4 Å². The van der Waals surface area contributed by atoms with Gasteiger partial charge < -0.3 is 14.7 Å². The van der Waals surface area contributed by atoms with Gasteiger partial charge in [0.05, 0.1) is 19.8 Å². The van der Waals surface area contributed by atoms with Crippen molar-refractivity contribution in [1.82, 2.24) is 4.90 Å². The van der Waals surface area contributed by atoms with Crippen LogP contribution in [0.4, 0.5) is 0 Å². The number of hydrogen-bond donors (Lipinski definition) is 1. The summed E-state index contributed by atoms with van der Waals surface area (Å²) in [7, 11) is 0. The van der Waals surface area contributed by atoms with Gasteiger partial charge in [0.2, 0.25) is 5.91 Å². The number of rotatable bonds is 5. The summed E-state index contributed by atoms with van der Waals surface area (Å²) in [4.78, 5) is 14.2. The van der Waals surface area contributed by atoms with Crippen LogP contribution in [-0.2, 0) is 9.53 Å². The standard InChI is InChI=1S/C20H23NO3/c22-15-19(14-20(23)21-10-12-24-13-11-21)18-8-6-17(7-9-18)16-4-2-1-3-5-16/h1-9,19,22H,10-15H2. The molecule has 1 amide bonds. The van der Waals surface area contributed by atoms with E-state index in [1.165, 1.54) is 0 Å². The van der Waals surface area contributed by atoms with Crippen molar-refractivity contribution in [1.29, 1.82) is 0 Å². The van der Waals surface area contributed by atoms with Crippen molar-refractivity contribution in [3.63, 3.8) is 0 Å². The van der Waals surface area contributed by atoms with Gasteiger partial charge >= 0.3 is 0 Å². The van der Waals surface area contributed by atoms with E-state index in [4.69, 9.17) is 4.74 Å². The second-order valence-electron chi connectivity index (χ2n) is 6.06. The third kappa shape index (κ3) is 4.02. The van der Waals surface area contributed by atoms with Gasteiger partial charge in [-0.3, -0.25) is 4.79 Å². The van der Waals surface area contributed by atoms with Crippen molar-refractivity contribution in [2.24, 2.45) is 0 Å². The van der Waals surface area contributed by atoms with Crippen LogP contribution in [0.15, 0.2) is 54.6 Å². The normalized spacial score (nSPS) is 16.0. The van der Waals surface area contributed by atoms with Gasteiger partial charge in [0.15, 0.2) is 0 Å². The lowest BCUT2D eigenvalue weighted by Crippen LogP contribution is -2.41. The molecule has 1 fully saturated rings. The van der Waals surface area contributed by atoms with E-state index in [1.54, 1.807) is 0 Å². The Balaban J connectivity index is 1.68. The maximum atomic E-state index is 12.4. The van der Waals surface area contributed by atoms with Crippen molar-refractivity contribution in [3.05, 3.63) is 60.2 Å². The molecule has 1 aliphatic heterocycles. The average Bonchev–Trinajstić information content (AvgIpc) is 2.67. The molecule has 0 aliphatic carbocycles. The molecule has 2 aromatic rings. The molecule has 3 rings (SSSR count). The van der Waals surface area contributed by atoms with Crippen LogP contribution in [0.5, 0.6) is 0 Å². The summed E-state index contributed by atoms with van der Waals surface area (Å²) in [5.41, 5.74) is 3.29. The summed E-state index contributed by atoms with van der Waals surface area (Å²) in [6.07, 6.45) is 0.335. The number of amides is 1. The Hall–Kier alpha value is -2.17. The lowest BCUT2D eigenvalue weighted by atomic mass is 9.93. The van der Waals surface area contributed by atoms with Crippen molar-refractivity contribution in [2.45, 2.75) is 12.3 Å². The van der Waals surface area contributed by atoms with Crippen LogP contribution in [0.25, 0.3) is 11.1 Å². The minimum absolute atomic E-state index is 0.0270. The van der Waals surface area contributed by atoms with Crippen molar-refractivity contribution in [3.8, 4) is 11.1 Å². The molecule has 1 saturated heterocycles. The predicted octanol–water partition coefficient (Wildman–Crippen LogP) is 2.68. The summed E-state index contributed by atoms with van der Waals surface area (Å²) in [5.74, 6) is -0.0744. The van der Waals surface area contributed by atoms with Gasteiger partial charge in [-0.2, -0.15) is 0 Å². The first kappa shape index (κ1) is 16.7. The van der Waals surface area contributed by atoms with E-state index in [0.717, 1.165) is 16.7 Å². The molecule has 4 nitrogen and oxygen atoms in total. The van der Waals surface area contributed by atoms with Gasteiger partial charge in [0.25, 0.3) is 0 Å². The highest BCUT2D eigenvalue weighted by Gasteiger charge is 2.21. The SMILES string of the molecule is O=C(CC(CO)c1ccc(-c2ccccc2)cc1)N1CCOCC1. The Labute approximate surface area is 142 Å². The third-order valence-corrected chi connectivity index (χ3v) is 4.49. The minimum Gasteiger partial charge on any atom is -0.396 e. The first-order chi connectivity index (χ1) is 11.8. The molecule has 0 saturated carbocycles. The first-order valence-corrected chi connectivity index (χ1v) is 8.39. The van der Waals surface area contributed by atoms with E-state index in [2.05, 4.69) is 12.1 Å². The molecule has 24 heavy (non-hydrogen) atoms. The van der Waals surface area contributed by atoms with Crippen LogP contribution in [0.2, 0.25) is 0 Å². The number of aliphatic hydroxyl groups excluding tert-OH is 1. The van der Waals surface area contributed by atoms with Gasteiger partial charge in [0, 0.05) is 25.4 Å². The summed E-state index contributed by atoms with van der Waals surface area (Å²) in [5, 5.41) is 9.72. The van der Waals surface area contributed by atoms with Crippen LogP contribution in [0.1, 0.15) is 17.9 Å². The summed E-state index contributed by atoms with van der Waals surface area (Å²) in [6, 6.07) is 18.3. The molecule has 0 aromatic heterocycles. The largest absolute Gasteiger partial charge is 0.396 e. The zero-order chi connectivity index (χ0) is 16.8. The van der Waals surface area contributed by atoms with E-state index < -0.39 is 0 Å². The van der Waals surface area contributed by atoms with Gasteiger partial charge in [-0.1, -0.05) is 54.6 Å². The topological polar surface area (TPSA) is 49.8 Å². The molecular formula is C20H23NO3. The van der Waals surface area contributed by atoms with Gasteiger partial charge in [-0.25, -0.2) is 0 Å². The zero-order valence-corrected chi connectivity index (χ0v) is 13.7. The fraction of sp³-hybridized carbons (Fsp3) is 0.350. The fourth-order valence-electron chi connectivity index (χ4n) is 3.02. The number of carbonyl (C=O) groups excluding carboxylic acids is 1. The number of morpholine rings is 1. The smallest absolute Gasteiger partial charge is 0.223 e. The number of hydrogen-bond acceptors (Lipinski definition) is 3. The van der Waals surface area contributed by atoms with Gasteiger partial charge in [0.1, 0.15) is 0 Å². The Bertz CT molecular complexity index is 648. The summed E-state index contributed by atoms with van der Waals surface area (Å²) < 4.78 is 5.28. The monoisotopic (exact) mass is 325 g/mol. The fourth-order valence-corrected chi connectivity index (χ4v) is 3.02. The molecule has 0 bridgehead atoms. The quantitative estimate of drug-likeness (QED) is 0.919. The molecule has 1 aliphatic rings. The van der Waals surface area contributed by atoms with Crippen molar-refractivity contribution < 1.29 is 14.6 Å². The van der Waals surface area contributed by atoms with Crippen LogP contribution in [0, 0.1) is 0 Å². The Morgan fingerprint density at radius 2 is 1.62 bits per heavy atom. The average molecular weight is 325 g/mol. The Morgan fingerprint density at radius 3 is 2.25 bits per heavy atom. The molecule has 0 spiro atoms. The van der Waals surface area contributed by atoms with Crippen LogP contribution >= 0.6 is 0 Å². The van der Waals surface area contributed by atoms with Gasteiger partial charge in [-0.05, 0) is 16.7 Å². The summed E-state index contributed by atoms with van der Waals surface area (Å²) >= 11 is 0. The van der Waals surface area contributed by atoms with E-state index in [1.807, 2.05) is 47.4 Å². The first-order valence-electron chi connectivity index (χ1n) is 8.39. The molecule has 1 unspecified atom stereocenters. The summed E-state index contributed by atoms with van der Waals surface area (Å²) in [6.45, 7) is 2.46. The minimum atomic E-state index is -0.162. The maximum absolute atomic E-state index is 12.4. The molecule has 4 heteroatoms. The van der Waals surface area contributed by atoms with E-state index >= 15 is 0 Å². The molecular weight excluding hydrogens is 302 g/mol. The Morgan fingerprint density at radius 1 is 1.00 bits per heavy atom. The van der Waals surface area contributed by atoms with Crippen molar-refractivity contribution >= 4 is 5.91 Å². The number of benzene rings is 2. The highest BCUT2D eigenvalue weighted by atomic mass is 16.5. The van der Waals surface area contributed by atoms with Crippen LogP contribution < -0.4 is 0 Å². The maximum Gasteiger partial charge on any atom is 0.223 e. The van der Waals surface area contributed by atoms with Gasteiger partial charge in [-0.15, -0.1) is 0 Å². The lowest BCUT2D eigenvalue weighted by molar-refractivity contribution is -0.135. The third-order valence-electron chi connectivity index (χ3n) is 4.49. The number of aliphatic hydroxyl groups is 1. The molecule has 1 N–H and O–H groups in total. The number of ether oxygens (including phenoxy) is 1. The second kappa shape index (κ2) is 8.08. The number of nitrogens with zero attached hydrogens (tertiary/aromatic N) is 1. The second-order valence-corrected chi connectivity index (χ2v) is 6.06. The lowest BCUT2D eigenvalue weighted by Gasteiger charge is -2.28. The van der Waals surface area contributed by atoms with Crippen molar-refractivity contribution in [2.75, 3.05) is 32.9 Å². The highest BCUT2D eigenvalue weighted by Crippen LogP contribution is 2.25. The van der Waals surface area contributed by atoms with Crippen LogP contribution in [-0.4, -0.2) is 48.8 Å². The molecule has 2 aromatic carbocycles. The predicted molar refractivity (Wildman–Crippen MR) is 93.7 cm³/mol. The highest BCUT2D eigenvalue weighted by molar-refractivity contribution is 5.77. The molecule has 126 valence electrons. The molecule has 1 heterocycles.